The molecule has 1 aromatic heterocycles. The maximum absolute atomic E-state index is 12.8. The van der Waals surface area contributed by atoms with Crippen molar-refractivity contribution in [3.8, 4) is 11.4 Å². The monoisotopic (exact) mass is 326 g/mol. The predicted molar refractivity (Wildman–Crippen MR) is 77.6 cm³/mol. The van der Waals surface area contributed by atoms with Crippen molar-refractivity contribution in [2.24, 2.45) is 0 Å². The highest BCUT2D eigenvalue weighted by Crippen LogP contribution is 2.31. The quantitative estimate of drug-likeness (QED) is 0.940. The van der Waals surface area contributed by atoms with Crippen molar-refractivity contribution in [3.63, 3.8) is 0 Å². The second-order valence-corrected chi connectivity index (χ2v) is 5.50. The summed E-state index contributed by atoms with van der Waals surface area (Å²) in [7, 11) is 0. The first-order valence-electron chi connectivity index (χ1n) is 7.41. The molecule has 0 radical (unpaired) electrons. The lowest BCUT2D eigenvalue weighted by Gasteiger charge is -2.30. The first kappa shape index (κ1) is 15.9. The van der Waals surface area contributed by atoms with Crippen LogP contribution in [0.25, 0.3) is 11.4 Å². The molecule has 1 N–H and O–H groups in total. The van der Waals surface area contributed by atoms with Crippen LogP contribution in [0.5, 0.6) is 0 Å². The average Bonchev–Trinajstić information content (AvgIpc) is 3.04. The third kappa shape index (κ3) is 3.53. The molecule has 0 saturated carbocycles. The van der Waals surface area contributed by atoms with Crippen molar-refractivity contribution in [1.29, 1.82) is 0 Å². The van der Waals surface area contributed by atoms with Gasteiger partial charge >= 0.3 is 6.18 Å². The Morgan fingerprint density at radius 2 is 2.00 bits per heavy atom. The largest absolute Gasteiger partial charge is 0.416 e. The number of benzene rings is 1. The van der Waals surface area contributed by atoms with Gasteiger partial charge in [0.05, 0.1) is 11.6 Å². The number of aromatic nitrogens is 2. The third-order valence-corrected chi connectivity index (χ3v) is 3.95. The van der Waals surface area contributed by atoms with Gasteiger partial charge in [-0.05, 0) is 19.1 Å². The molecule has 0 unspecified atom stereocenters. The SMILES string of the molecule is C[C@H](c1nc(-c2cccc(C(F)(F)F)c2)no1)N1CCNCC1. The highest BCUT2D eigenvalue weighted by molar-refractivity contribution is 5.55. The Balaban J connectivity index is 1.81. The summed E-state index contributed by atoms with van der Waals surface area (Å²) in [5.74, 6) is 0.590. The van der Waals surface area contributed by atoms with Crippen LogP contribution < -0.4 is 5.32 Å². The van der Waals surface area contributed by atoms with E-state index in [1.807, 2.05) is 6.92 Å². The van der Waals surface area contributed by atoms with Gasteiger partial charge in [0, 0.05) is 31.7 Å². The lowest BCUT2D eigenvalue weighted by Crippen LogP contribution is -2.44. The van der Waals surface area contributed by atoms with Gasteiger partial charge in [0.25, 0.3) is 0 Å². The van der Waals surface area contributed by atoms with Crippen LogP contribution in [0, 0.1) is 0 Å². The van der Waals surface area contributed by atoms with Crippen molar-refractivity contribution in [2.75, 3.05) is 26.2 Å². The molecule has 124 valence electrons. The van der Waals surface area contributed by atoms with Crippen molar-refractivity contribution >= 4 is 0 Å². The van der Waals surface area contributed by atoms with E-state index in [1.165, 1.54) is 6.07 Å². The molecule has 0 bridgehead atoms. The Hall–Kier alpha value is -1.93. The normalized spacial score (nSPS) is 18.1. The van der Waals surface area contributed by atoms with E-state index in [0.29, 0.717) is 11.5 Å². The molecule has 0 aliphatic carbocycles. The molecule has 1 aliphatic rings. The molecule has 1 aromatic carbocycles. The second-order valence-electron chi connectivity index (χ2n) is 5.50. The number of hydrogen-bond donors (Lipinski definition) is 1. The summed E-state index contributed by atoms with van der Waals surface area (Å²) in [5.41, 5.74) is -0.432. The van der Waals surface area contributed by atoms with Crippen LogP contribution in [-0.2, 0) is 6.18 Å². The fourth-order valence-electron chi connectivity index (χ4n) is 2.58. The van der Waals surface area contributed by atoms with Gasteiger partial charge in [0.2, 0.25) is 11.7 Å². The molecule has 1 fully saturated rings. The van der Waals surface area contributed by atoms with E-state index in [2.05, 4.69) is 20.4 Å². The maximum atomic E-state index is 12.8. The van der Waals surface area contributed by atoms with E-state index in [-0.39, 0.29) is 11.9 Å². The topological polar surface area (TPSA) is 54.2 Å². The molecule has 3 rings (SSSR count). The van der Waals surface area contributed by atoms with Crippen molar-refractivity contribution in [3.05, 3.63) is 35.7 Å². The molecule has 0 spiro atoms. The summed E-state index contributed by atoms with van der Waals surface area (Å²) in [4.78, 5) is 6.47. The zero-order valence-corrected chi connectivity index (χ0v) is 12.6. The van der Waals surface area contributed by atoms with Gasteiger partial charge in [-0.25, -0.2) is 0 Å². The first-order valence-corrected chi connectivity index (χ1v) is 7.41. The maximum Gasteiger partial charge on any atom is 0.416 e. The zero-order valence-electron chi connectivity index (χ0n) is 12.6. The summed E-state index contributed by atoms with van der Waals surface area (Å²) < 4.78 is 43.6. The van der Waals surface area contributed by atoms with Gasteiger partial charge in [-0.15, -0.1) is 0 Å². The summed E-state index contributed by atoms with van der Waals surface area (Å²) in [6.45, 7) is 5.46. The van der Waals surface area contributed by atoms with Crippen LogP contribution in [-0.4, -0.2) is 41.2 Å². The number of piperazine rings is 1. The molecular weight excluding hydrogens is 309 g/mol. The van der Waals surface area contributed by atoms with E-state index in [1.54, 1.807) is 6.07 Å². The number of nitrogens with one attached hydrogen (secondary N) is 1. The minimum Gasteiger partial charge on any atom is -0.337 e. The van der Waals surface area contributed by atoms with Crippen molar-refractivity contribution < 1.29 is 17.7 Å². The van der Waals surface area contributed by atoms with Gasteiger partial charge < -0.3 is 9.84 Å². The lowest BCUT2D eigenvalue weighted by atomic mass is 10.1. The molecular formula is C15H17F3N4O. The zero-order chi connectivity index (χ0) is 16.4. The van der Waals surface area contributed by atoms with E-state index >= 15 is 0 Å². The van der Waals surface area contributed by atoms with E-state index in [9.17, 15) is 13.2 Å². The lowest BCUT2D eigenvalue weighted by molar-refractivity contribution is -0.137. The number of rotatable bonds is 3. The van der Waals surface area contributed by atoms with Crippen LogP contribution in [0.4, 0.5) is 13.2 Å². The number of hydrogen-bond acceptors (Lipinski definition) is 5. The molecule has 2 aromatic rings. The van der Waals surface area contributed by atoms with Gasteiger partial charge in [-0.2, -0.15) is 18.2 Å². The first-order chi connectivity index (χ1) is 10.9. The molecule has 2 heterocycles. The molecule has 1 aliphatic heterocycles. The fraction of sp³-hybridized carbons (Fsp3) is 0.467. The van der Waals surface area contributed by atoms with Gasteiger partial charge in [0.1, 0.15) is 0 Å². The standard InChI is InChI=1S/C15H17F3N4O/c1-10(22-7-5-19-6-8-22)14-20-13(21-23-14)11-3-2-4-12(9-11)15(16,17)18/h2-4,9-10,19H,5-8H2,1H3/t10-/m1/s1. The minimum absolute atomic E-state index is 0.0656. The van der Waals surface area contributed by atoms with Gasteiger partial charge in [-0.3, -0.25) is 4.90 Å². The fourth-order valence-corrected chi connectivity index (χ4v) is 2.58. The van der Waals surface area contributed by atoms with Crippen molar-refractivity contribution in [2.45, 2.75) is 19.1 Å². The van der Waals surface area contributed by atoms with Crippen LogP contribution in [0.1, 0.15) is 24.4 Å². The average molecular weight is 326 g/mol. The highest BCUT2D eigenvalue weighted by atomic mass is 19.4. The summed E-state index contributed by atoms with van der Waals surface area (Å²) in [5, 5.41) is 7.09. The number of halogens is 3. The van der Waals surface area contributed by atoms with Crippen LogP contribution in [0.2, 0.25) is 0 Å². The molecule has 8 heteroatoms. The Morgan fingerprint density at radius 3 is 2.70 bits per heavy atom. The minimum atomic E-state index is -4.39. The molecule has 0 amide bonds. The summed E-state index contributed by atoms with van der Waals surface area (Å²) >= 11 is 0. The Labute approximate surface area is 131 Å². The summed E-state index contributed by atoms with van der Waals surface area (Å²) in [6.07, 6.45) is -4.39. The second kappa shape index (κ2) is 6.29. The highest BCUT2D eigenvalue weighted by Gasteiger charge is 2.31. The van der Waals surface area contributed by atoms with Gasteiger partial charge in [0.15, 0.2) is 0 Å². The molecule has 1 atom stereocenters. The van der Waals surface area contributed by atoms with E-state index < -0.39 is 11.7 Å². The van der Waals surface area contributed by atoms with Gasteiger partial charge in [-0.1, -0.05) is 17.3 Å². The Bertz CT molecular complexity index is 665. The van der Waals surface area contributed by atoms with Crippen LogP contribution in [0.3, 0.4) is 0 Å². The number of alkyl halides is 3. The van der Waals surface area contributed by atoms with Crippen LogP contribution >= 0.6 is 0 Å². The van der Waals surface area contributed by atoms with Crippen LogP contribution in [0.15, 0.2) is 28.8 Å². The van der Waals surface area contributed by atoms with Crippen molar-refractivity contribution in [1.82, 2.24) is 20.4 Å². The molecule has 23 heavy (non-hydrogen) atoms. The number of nitrogens with zero attached hydrogens (tertiary/aromatic N) is 3. The molecule has 1 saturated heterocycles. The van der Waals surface area contributed by atoms with E-state index in [0.717, 1.165) is 38.3 Å². The smallest absolute Gasteiger partial charge is 0.337 e. The van der Waals surface area contributed by atoms with E-state index in [4.69, 9.17) is 4.52 Å². The Morgan fingerprint density at radius 1 is 1.26 bits per heavy atom. The third-order valence-electron chi connectivity index (χ3n) is 3.95. The Kier molecular flexibility index (Phi) is 4.36. The predicted octanol–water partition coefficient (Wildman–Crippen LogP) is 2.72. The summed E-state index contributed by atoms with van der Waals surface area (Å²) in [6, 6.07) is 4.87. The molecule has 5 nitrogen and oxygen atoms in total.